The molecule has 3 rings (SSSR count). The molecule has 0 fully saturated rings. The van der Waals surface area contributed by atoms with Crippen molar-refractivity contribution >= 4 is 33.2 Å². The molecular formula is C22H21ClN2O4S. The van der Waals surface area contributed by atoms with Crippen molar-refractivity contribution in [3.05, 3.63) is 89.4 Å². The zero-order valence-corrected chi connectivity index (χ0v) is 18.0. The number of nitrogens with one attached hydrogen (secondary N) is 1. The van der Waals surface area contributed by atoms with Gasteiger partial charge in [-0.05, 0) is 35.9 Å². The smallest absolute Gasteiger partial charge is 0.247 e. The van der Waals surface area contributed by atoms with Crippen molar-refractivity contribution in [2.75, 3.05) is 18.6 Å². The number of likely N-dealkylation sites (N-methyl/N-ethyl adjacent to an activating group) is 1. The van der Waals surface area contributed by atoms with E-state index in [1.807, 2.05) is 18.2 Å². The van der Waals surface area contributed by atoms with Gasteiger partial charge in [0.2, 0.25) is 15.9 Å². The van der Waals surface area contributed by atoms with Crippen LogP contribution in [-0.4, -0.2) is 31.9 Å². The molecule has 1 N–H and O–H groups in total. The second kappa shape index (κ2) is 9.30. The molecule has 30 heavy (non-hydrogen) atoms. The molecule has 0 aliphatic carbocycles. The number of hydrogen-bond acceptors (Lipinski definition) is 4. The lowest BCUT2D eigenvalue weighted by molar-refractivity contribution is -0.119. The molecule has 3 aromatic carbocycles. The van der Waals surface area contributed by atoms with Crippen molar-refractivity contribution in [3.8, 4) is 11.5 Å². The fourth-order valence-electron chi connectivity index (χ4n) is 2.86. The largest absolute Gasteiger partial charge is 0.455 e. The maximum atomic E-state index is 13.2. The van der Waals surface area contributed by atoms with E-state index in [9.17, 15) is 13.2 Å². The number of carbonyl (C=O) groups excluding carboxylic acids is 1. The van der Waals surface area contributed by atoms with Gasteiger partial charge in [-0.15, -0.1) is 0 Å². The Labute approximate surface area is 181 Å². The number of halogens is 1. The van der Waals surface area contributed by atoms with Crippen LogP contribution in [0.4, 0.5) is 5.69 Å². The standard InChI is InChI=1S/C22H21ClN2O4S/c1-25(30(2,27)28)21(16-9-5-3-6-10-16)22(26)24-19-15-17(23)13-14-20(19)29-18-11-7-4-8-12-18/h3-15,21H,1-2H3,(H,24,26)/t21-/m1/s1. The molecule has 0 aliphatic heterocycles. The molecule has 0 saturated carbocycles. The van der Waals surface area contributed by atoms with Gasteiger partial charge in [-0.25, -0.2) is 8.42 Å². The fraction of sp³-hybridized carbons (Fsp3) is 0.136. The Kier molecular flexibility index (Phi) is 6.77. The first-order valence-electron chi connectivity index (χ1n) is 9.07. The van der Waals surface area contributed by atoms with Gasteiger partial charge in [-0.2, -0.15) is 4.31 Å². The van der Waals surface area contributed by atoms with E-state index in [0.29, 0.717) is 27.8 Å². The third kappa shape index (κ3) is 5.38. The highest BCUT2D eigenvalue weighted by Crippen LogP contribution is 2.33. The first kappa shape index (κ1) is 21.8. The molecule has 6 nitrogen and oxygen atoms in total. The summed E-state index contributed by atoms with van der Waals surface area (Å²) >= 11 is 6.12. The number of sulfonamides is 1. The van der Waals surface area contributed by atoms with Gasteiger partial charge in [0.25, 0.3) is 0 Å². The van der Waals surface area contributed by atoms with Crippen molar-refractivity contribution in [2.24, 2.45) is 0 Å². The SMILES string of the molecule is CN([C@@H](C(=O)Nc1cc(Cl)ccc1Oc1ccccc1)c1ccccc1)S(C)(=O)=O. The second-order valence-electron chi connectivity index (χ2n) is 6.64. The monoisotopic (exact) mass is 444 g/mol. The maximum absolute atomic E-state index is 13.2. The van der Waals surface area contributed by atoms with Gasteiger partial charge in [0.15, 0.2) is 5.75 Å². The molecule has 8 heteroatoms. The maximum Gasteiger partial charge on any atom is 0.247 e. The number of benzene rings is 3. The third-order valence-corrected chi connectivity index (χ3v) is 5.91. The quantitative estimate of drug-likeness (QED) is 0.573. The number of amides is 1. The second-order valence-corrected chi connectivity index (χ2v) is 9.12. The van der Waals surface area contributed by atoms with Crippen LogP contribution in [0, 0.1) is 0 Å². The summed E-state index contributed by atoms with van der Waals surface area (Å²) in [6.45, 7) is 0. The minimum Gasteiger partial charge on any atom is -0.455 e. The molecule has 3 aromatic rings. The van der Waals surface area contributed by atoms with Crippen molar-refractivity contribution < 1.29 is 17.9 Å². The minimum absolute atomic E-state index is 0.333. The third-order valence-electron chi connectivity index (χ3n) is 4.42. The van der Waals surface area contributed by atoms with Crippen LogP contribution in [0.1, 0.15) is 11.6 Å². The van der Waals surface area contributed by atoms with E-state index in [1.54, 1.807) is 60.7 Å². The number of carbonyl (C=O) groups is 1. The molecule has 0 radical (unpaired) electrons. The van der Waals surface area contributed by atoms with E-state index < -0.39 is 22.0 Å². The topological polar surface area (TPSA) is 75.7 Å². The van der Waals surface area contributed by atoms with Crippen LogP contribution >= 0.6 is 11.6 Å². The normalized spacial score (nSPS) is 12.4. The summed E-state index contributed by atoms with van der Waals surface area (Å²) < 4.78 is 31.2. The molecule has 0 saturated heterocycles. The molecule has 1 amide bonds. The molecule has 0 aromatic heterocycles. The van der Waals surface area contributed by atoms with Crippen LogP contribution in [0.15, 0.2) is 78.9 Å². The van der Waals surface area contributed by atoms with E-state index in [0.717, 1.165) is 10.6 Å². The van der Waals surface area contributed by atoms with Crippen LogP contribution in [-0.2, 0) is 14.8 Å². The Morgan fingerprint density at radius 3 is 2.20 bits per heavy atom. The van der Waals surface area contributed by atoms with Gasteiger partial charge in [0, 0.05) is 12.1 Å². The number of para-hydroxylation sites is 1. The van der Waals surface area contributed by atoms with Crippen LogP contribution in [0.2, 0.25) is 5.02 Å². The van der Waals surface area contributed by atoms with E-state index in [-0.39, 0.29) is 0 Å². The van der Waals surface area contributed by atoms with Gasteiger partial charge >= 0.3 is 0 Å². The van der Waals surface area contributed by atoms with E-state index in [1.165, 1.54) is 7.05 Å². The Bertz CT molecular complexity index is 1120. The van der Waals surface area contributed by atoms with Crippen molar-refractivity contribution in [3.63, 3.8) is 0 Å². The molecule has 0 bridgehead atoms. The predicted octanol–water partition coefficient (Wildman–Crippen LogP) is 4.70. The summed E-state index contributed by atoms with van der Waals surface area (Å²) in [6.07, 6.45) is 1.06. The summed E-state index contributed by atoms with van der Waals surface area (Å²) in [7, 11) is -2.27. The molecule has 0 spiro atoms. The van der Waals surface area contributed by atoms with Crippen LogP contribution in [0.5, 0.6) is 11.5 Å². The highest BCUT2D eigenvalue weighted by atomic mass is 35.5. The Hall–Kier alpha value is -2.87. The number of nitrogens with zero attached hydrogens (tertiary/aromatic N) is 1. The van der Waals surface area contributed by atoms with Crippen molar-refractivity contribution in [1.29, 1.82) is 0 Å². The van der Waals surface area contributed by atoms with E-state index in [2.05, 4.69) is 5.32 Å². The lowest BCUT2D eigenvalue weighted by Crippen LogP contribution is -2.38. The highest BCUT2D eigenvalue weighted by molar-refractivity contribution is 7.88. The molecular weight excluding hydrogens is 424 g/mol. The molecule has 0 unspecified atom stereocenters. The first-order chi connectivity index (χ1) is 14.3. The first-order valence-corrected chi connectivity index (χ1v) is 11.3. The van der Waals surface area contributed by atoms with Gasteiger partial charge < -0.3 is 10.1 Å². The van der Waals surface area contributed by atoms with Gasteiger partial charge in [-0.3, -0.25) is 4.79 Å². The number of anilines is 1. The average molecular weight is 445 g/mol. The Morgan fingerprint density at radius 1 is 1.00 bits per heavy atom. The molecule has 0 aliphatic rings. The average Bonchev–Trinajstić information content (AvgIpc) is 2.71. The summed E-state index contributed by atoms with van der Waals surface area (Å²) in [5.41, 5.74) is 0.870. The predicted molar refractivity (Wildman–Crippen MR) is 118 cm³/mol. The summed E-state index contributed by atoms with van der Waals surface area (Å²) in [6, 6.07) is 21.5. The van der Waals surface area contributed by atoms with Crippen LogP contribution in [0.3, 0.4) is 0 Å². The Morgan fingerprint density at radius 2 is 1.60 bits per heavy atom. The van der Waals surface area contributed by atoms with Gasteiger partial charge in [0.05, 0.1) is 11.9 Å². The zero-order valence-electron chi connectivity index (χ0n) is 16.4. The highest BCUT2D eigenvalue weighted by Gasteiger charge is 2.31. The van der Waals surface area contributed by atoms with Crippen LogP contribution in [0.25, 0.3) is 0 Å². The van der Waals surface area contributed by atoms with Crippen molar-refractivity contribution in [1.82, 2.24) is 4.31 Å². The van der Waals surface area contributed by atoms with Crippen LogP contribution < -0.4 is 10.1 Å². The molecule has 1 atom stereocenters. The van der Waals surface area contributed by atoms with E-state index in [4.69, 9.17) is 16.3 Å². The lowest BCUT2D eigenvalue weighted by atomic mass is 10.1. The molecule has 156 valence electrons. The summed E-state index contributed by atoms with van der Waals surface area (Å²) in [5.74, 6) is 0.435. The number of hydrogen-bond donors (Lipinski definition) is 1. The Balaban J connectivity index is 1.95. The number of rotatable bonds is 7. The number of ether oxygens (including phenoxy) is 1. The summed E-state index contributed by atoms with van der Waals surface area (Å²) in [4.78, 5) is 13.2. The van der Waals surface area contributed by atoms with E-state index >= 15 is 0 Å². The zero-order chi connectivity index (χ0) is 21.7. The van der Waals surface area contributed by atoms with Gasteiger partial charge in [-0.1, -0.05) is 60.1 Å². The molecule has 0 heterocycles. The minimum atomic E-state index is -3.64. The lowest BCUT2D eigenvalue weighted by Gasteiger charge is -2.26. The van der Waals surface area contributed by atoms with Crippen molar-refractivity contribution in [2.45, 2.75) is 6.04 Å². The summed E-state index contributed by atoms with van der Waals surface area (Å²) in [5, 5.41) is 3.17. The fourth-order valence-corrected chi connectivity index (χ4v) is 3.63. The van der Waals surface area contributed by atoms with Gasteiger partial charge in [0.1, 0.15) is 11.8 Å².